The highest BCUT2D eigenvalue weighted by atomic mass is 32.2. The van der Waals surface area contributed by atoms with Crippen molar-refractivity contribution in [1.82, 2.24) is 0 Å². The number of Topliss-reactive ketones (excluding diaryl/α,β-unsaturated/α-hetero) is 2. The molecule has 0 amide bonds. The molecule has 12 heavy (non-hydrogen) atoms. The minimum Gasteiger partial charge on any atom is -0.299 e. The molecule has 0 heterocycles. The lowest BCUT2D eigenvalue weighted by Gasteiger charge is -1.95. The van der Waals surface area contributed by atoms with Gasteiger partial charge in [0.05, 0.1) is 13.6 Å². The van der Waals surface area contributed by atoms with E-state index in [0.717, 1.165) is 11.8 Å². The van der Waals surface area contributed by atoms with E-state index in [1.807, 2.05) is 0 Å². The Morgan fingerprint density at radius 2 is 1.92 bits per heavy atom. The Morgan fingerprint density at radius 3 is 2.33 bits per heavy atom. The topological polar surface area (TPSA) is 51.2 Å². The molecule has 0 saturated carbocycles. The second-order valence-corrected chi connectivity index (χ2v) is 3.16. The first-order valence-corrected chi connectivity index (χ1v) is 4.46. The van der Waals surface area contributed by atoms with E-state index in [1.165, 1.54) is 6.92 Å². The van der Waals surface area contributed by atoms with Gasteiger partial charge in [0.2, 0.25) is 5.78 Å². The van der Waals surface area contributed by atoms with E-state index in [1.54, 1.807) is 0 Å². The smallest absolute Gasteiger partial charge is 0.255 e. The van der Waals surface area contributed by atoms with Crippen molar-refractivity contribution in [1.29, 1.82) is 0 Å². The van der Waals surface area contributed by atoms with E-state index in [9.17, 15) is 14.4 Å². The summed E-state index contributed by atoms with van der Waals surface area (Å²) in [6.45, 7) is 1.18. The summed E-state index contributed by atoms with van der Waals surface area (Å²) < 4.78 is 0. The minimum absolute atomic E-state index is 0.0512. The van der Waals surface area contributed by atoms with E-state index < -0.39 is 10.9 Å². The molecular weight excluding hydrogens is 175 g/mol. The quantitative estimate of drug-likeness (QED) is 0.457. The normalized spacial score (nSPS) is 9.42. The largest absolute Gasteiger partial charge is 0.299 e. The molecule has 0 atom stereocenters. The Bertz CT molecular complexity index is 203. The summed E-state index contributed by atoms with van der Waals surface area (Å²) in [6.07, 6.45) is 0.547. The van der Waals surface area contributed by atoms with E-state index >= 15 is 0 Å². The van der Waals surface area contributed by atoms with Gasteiger partial charge in [-0.05, 0) is 6.42 Å². The first-order valence-electron chi connectivity index (χ1n) is 3.47. The van der Waals surface area contributed by atoms with Gasteiger partial charge in [-0.15, -0.1) is 0 Å². The molecule has 0 fully saturated rings. The molecule has 0 spiro atoms. The zero-order valence-corrected chi connectivity index (χ0v) is 7.65. The zero-order valence-electron chi connectivity index (χ0n) is 6.83. The molecule has 64 valence electrons. The Kier molecular flexibility index (Phi) is 5.71. The fraction of sp³-hybridized carbons (Fsp3) is 0.571. The van der Waals surface area contributed by atoms with E-state index in [-0.39, 0.29) is 24.3 Å². The van der Waals surface area contributed by atoms with Crippen molar-refractivity contribution in [3.05, 3.63) is 0 Å². The van der Waals surface area contributed by atoms with Crippen LogP contribution >= 0.6 is 11.8 Å². The molecule has 3 nitrogen and oxygen atoms in total. The van der Waals surface area contributed by atoms with Crippen LogP contribution in [0.25, 0.3) is 0 Å². The Labute approximate surface area is 76.7 Å². The molecule has 0 aromatic carbocycles. The van der Waals surface area contributed by atoms with Crippen molar-refractivity contribution in [2.75, 3.05) is 5.75 Å². The maximum atomic E-state index is 10.8. The van der Waals surface area contributed by atoms with Gasteiger partial charge < -0.3 is 0 Å². The van der Waals surface area contributed by atoms with Gasteiger partial charge in [-0.1, -0.05) is 18.1 Å². The number of carbonyl (C=O) groups excluding carboxylic acids is 3. The van der Waals surface area contributed by atoms with Gasteiger partial charge in [0.25, 0.3) is 5.12 Å². The van der Waals surface area contributed by atoms with Gasteiger partial charge in [0.1, 0.15) is 5.78 Å². The predicted octanol–water partition coefficient (Wildman–Crippen LogP) is 0.381. The van der Waals surface area contributed by atoms with Gasteiger partial charge in [0, 0.05) is 6.92 Å². The molecule has 0 N–H and O–H groups in total. The average molecular weight is 184 g/mol. The number of rotatable bonds is 5. The summed E-state index contributed by atoms with van der Waals surface area (Å²) in [4.78, 5) is 31.9. The third-order valence-electron chi connectivity index (χ3n) is 1.07. The number of thioether (sulfide) groups is 1. The molecule has 0 aromatic heterocycles. The minimum atomic E-state index is -0.569. The lowest BCUT2D eigenvalue weighted by atomic mass is 10.0. The average Bonchev–Trinajstić information content (AvgIpc) is 2.00. The summed E-state index contributed by atoms with van der Waals surface area (Å²) in [6, 6.07) is 0. The van der Waals surface area contributed by atoms with Crippen LogP contribution in [0, 0.1) is 0 Å². The summed E-state index contributed by atoms with van der Waals surface area (Å²) in [5, 5.41) is -0.569. The highest BCUT2D eigenvalue weighted by Gasteiger charge is 2.10. The summed E-state index contributed by atoms with van der Waals surface area (Å²) >= 11 is 0.739. The second-order valence-electron chi connectivity index (χ2n) is 2.21. The van der Waals surface area contributed by atoms with Gasteiger partial charge in [-0.25, -0.2) is 0 Å². The van der Waals surface area contributed by atoms with Crippen LogP contribution in [0.1, 0.15) is 13.3 Å². The van der Waals surface area contributed by atoms with Gasteiger partial charge in [0.15, 0.2) is 0 Å². The predicted molar refractivity (Wildman–Crippen MR) is 48.3 cm³/mol. The molecule has 0 aliphatic carbocycles. The third-order valence-corrected chi connectivity index (χ3v) is 2.09. The molecule has 5 heteroatoms. The van der Waals surface area contributed by atoms with Crippen LogP contribution in [0.5, 0.6) is 0 Å². The van der Waals surface area contributed by atoms with Gasteiger partial charge in [-0.2, -0.15) is 0 Å². The first kappa shape index (κ1) is 11.4. The summed E-state index contributed by atoms with van der Waals surface area (Å²) in [5.74, 6) is -0.576. The second kappa shape index (κ2) is 6.00. The number of ketones is 2. The first-order chi connectivity index (χ1) is 5.57. The number of carbonyl (C=O) groups is 3. The van der Waals surface area contributed by atoms with Crippen molar-refractivity contribution in [3.63, 3.8) is 0 Å². The van der Waals surface area contributed by atoms with Crippen molar-refractivity contribution < 1.29 is 14.4 Å². The van der Waals surface area contributed by atoms with Crippen molar-refractivity contribution in [2.45, 2.75) is 19.7 Å². The van der Waals surface area contributed by atoms with Crippen LogP contribution in [0.3, 0.4) is 0 Å². The van der Waals surface area contributed by atoms with Crippen LogP contribution in [-0.4, -0.2) is 30.3 Å². The molecule has 0 saturated heterocycles. The Balaban J connectivity index is 3.61. The van der Waals surface area contributed by atoms with Crippen molar-refractivity contribution in [2.24, 2.45) is 0 Å². The van der Waals surface area contributed by atoms with Gasteiger partial charge in [-0.3, -0.25) is 14.4 Å². The molecule has 2 radical (unpaired) electrons. The van der Waals surface area contributed by atoms with E-state index in [4.69, 9.17) is 7.85 Å². The standard InChI is InChI=1S/C7H9BO3S/c1-5(9)7(11)12-4-6(10)2-3-8/h2-4H2,1H3. The fourth-order valence-electron chi connectivity index (χ4n) is 0.481. The van der Waals surface area contributed by atoms with Crippen LogP contribution in [0.4, 0.5) is 0 Å². The zero-order chi connectivity index (χ0) is 9.56. The van der Waals surface area contributed by atoms with Crippen LogP contribution in [0.15, 0.2) is 0 Å². The number of hydrogen-bond donors (Lipinski definition) is 0. The van der Waals surface area contributed by atoms with Crippen molar-refractivity contribution in [3.8, 4) is 0 Å². The highest BCUT2D eigenvalue weighted by molar-refractivity contribution is 8.15. The third kappa shape index (κ3) is 5.13. The summed E-state index contributed by atoms with van der Waals surface area (Å²) in [5.41, 5.74) is 0. The highest BCUT2D eigenvalue weighted by Crippen LogP contribution is 2.04. The summed E-state index contributed by atoms with van der Waals surface area (Å²) in [7, 11) is 5.11. The lowest BCUT2D eigenvalue weighted by Crippen LogP contribution is -2.09. The lowest BCUT2D eigenvalue weighted by molar-refractivity contribution is -0.130. The number of hydrogen-bond acceptors (Lipinski definition) is 4. The SMILES string of the molecule is [B]CCC(=O)CSC(=O)C(C)=O. The molecule has 0 bridgehead atoms. The molecule has 0 unspecified atom stereocenters. The molecule has 0 aliphatic heterocycles. The maximum absolute atomic E-state index is 10.8. The van der Waals surface area contributed by atoms with Crippen LogP contribution in [0.2, 0.25) is 6.32 Å². The van der Waals surface area contributed by atoms with Crippen molar-refractivity contribution >= 4 is 36.3 Å². The monoisotopic (exact) mass is 184 g/mol. The Morgan fingerprint density at radius 1 is 1.33 bits per heavy atom. The molecule has 0 aliphatic rings. The fourth-order valence-corrected chi connectivity index (χ4v) is 1.12. The Hall–Kier alpha value is -0.575. The molecule has 0 rings (SSSR count). The van der Waals surface area contributed by atoms with Gasteiger partial charge >= 0.3 is 0 Å². The van der Waals surface area contributed by atoms with E-state index in [0.29, 0.717) is 0 Å². The van der Waals surface area contributed by atoms with Crippen LogP contribution < -0.4 is 0 Å². The maximum Gasteiger partial charge on any atom is 0.255 e. The van der Waals surface area contributed by atoms with E-state index in [2.05, 4.69) is 0 Å². The molecular formula is C7H9BO3S. The van der Waals surface area contributed by atoms with Crippen LogP contribution in [-0.2, 0) is 14.4 Å². The molecule has 0 aromatic rings.